The lowest BCUT2D eigenvalue weighted by Gasteiger charge is -2.08. The molecular weight excluding hydrogens is 236 g/mol. The molecule has 0 amide bonds. The van der Waals surface area contributed by atoms with Crippen molar-refractivity contribution in [3.8, 4) is 6.07 Å². The molecule has 0 aromatic heterocycles. The maximum absolute atomic E-state index is 11.3. The second-order valence-electron chi connectivity index (χ2n) is 4.29. The summed E-state index contributed by atoms with van der Waals surface area (Å²) < 4.78 is 0. The summed E-state index contributed by atoms with van der Waals surface area (Å²) in [6, 6.07) is 17.2. The lowest BCUT2D eigenvalue weighted by Crippen LogP contribution is -1.95. The van der Waals surface area contributed by atoms with Crippen LogP contribution in [0.25, 0.3) is 0 Å². The molecule has 19 heavy (non-hydrogen) atoms. The first kappa shape index (κ1) is 12.8. The molecule has 0 atom stereocenters. The number of nitrogens with zero attached hydrogens (tertiary/aromatic N) is 1. The third-order valence-electron chi connectivity index (χ3n) is 2.79. The number of benzene rings is 2. The van der Waals surface area contributed by atoms with Gasteiger partial charge in [0, 0.05) is 16.9 Å². The summed E-state index contributed by atoms with van der Waals surface area (Å²) in [4.78, 5) is 11.3. The molecular formula is C16H14N2O. The maximum atomic E-state index is 11.3. The quantitative estimate of drug-likeness (QED) is 0.842. The molecule has 0 heterocycles. The zero-order valence-electron chi connectivity index (χ0n) is 10.7. The molecule has 2 rings (SSSR count). The highest BCUT2D eigenvalue weighted by Crippen LogP contribution is 2.18. The van der Waals surface area contributed by atoms with Crippen molar-refractivity contribution >= 4 is 17.2 Å². The van der Waals surface area contributed by atoms with Crippen LogP contribution in [0.3, 0.4) is 0 Å². The van der Waals surface area contributed by atoms with Crippen LogP contribution in [-0.2, 0) is 6.42 Å². The van der Waals surface area contributed by atoms with Gasteiger partial charge in [-0.3, -0.25) is 4.79 Å². The fraction of sp³-hybridized carbons (Fsp3) is 0.125. The molecule has 0 aliphatic heterocycles. The Bertz CT molecular complexity index is 624. The third kappa shape index (κ3) is 3.43. The van der Waals surface area contributed by atoms with Gasteiger partial charge in [0.05, 0.1) is 12.5 Å². The Hall–Kier alpha value is -2.60. The first-order chi connectivity index (χ1) is 9.19. The van der Waals surface area contributed by atoms with Crippen LogP contribution < -0.4 is 5.32 Å². The average Bonchev–Trinajstić information content (AvgIpc) is 2.42. The van der Waals surface area contributed by atoms with Crippen LogP contribution in [0.1, 0.15) is 22.8 Å². The molecule has 0 bridgehead atoms. The van der Waals surface area contributed by atoms with E-state index in [0.717, 1.165) is 16.9 Å². The molecule has 3 heteroatoms. The Morgan fingerprint density at radius 2 is 1.89 bits per heavy atom. The molecule has 0 saturated carbocycles. The third-order valence-corrected chi connectivity index (χ3v) is 2.79. The van der Waals surface area contributed by atoms with Crippen molar-refractivity contribution < 1.29 is 4.79 Å². The van der Waals surface area contributed by atoms with Crippen LogP contribution >= 0.6 is 0 Å². The van der Waals surface area contributed by atoms with Gasteiger partial charge in [0.1, 0.15) is 0 Å². The van der Waals surface area contributed by atoms with Gasteiger partial charge < -0.3 is 5.32 Å². The Morgan fingerprint density at radius 1 is 1.16 bits per heavy atom. The number of carbonyl (C=O) groups is 1. The lowest BCUT2D eigenvalue weighted by molar-refractivity contribution is 0.101. The first-order valence-electron chi connectivity index (χ1n) is 6.03. The van der Waals surface area contributed by atoms with Gasteiger partial charge in [0.25, 0.3) is 0 Å². The average molecular weight is 250 g/mol. The predicted molar refractivity (Wildman–Crippen MR) is 75.5 cm³/mol. The number of hydrogen-bond acceptors (Lipinski definition) is 3. The van der Waals surface area contributed by atoms with E-state index in [2.05, 4.69) is 11.4 Å². The fourth-order valence-corrected chi connectivity index (χ4v) is 1.78. The minimum Gasteiger partial charge on any atom is -0.356 e. The fourth-order valence-electron chi connectivity index (χ4n) is 1.78. The van der Waals surface area contributed by atoms with Crippen molar-refractivity contribution in [3.63, 3.8) is 0 Å². The zero-order chi connectivity index (χ0) is 13.7. The van der Waals surface area contributed by atoms with Crippen molar-refractivity contribution in [1.82, 2.24) is 0 Å². The number of carbonyl (C=O) groups excluding carboxylic acids is 1. The highest BCUT2D eigenvalue weighted by Gasteiger charge is 2.01. The summed E-state index contributed by atoms with van der Waals surface area (Å²) >= 11 is 0. The zero-order valence-corrected chi connectivity index (χ0v) is 10.7. The summed E-state index contributed by atoms with van der Waals surface area (Å²) in [5, 5.41) is 11.8. The van der Waals surface area contributed by atoms with Crippen LogP contribution in [0.5, 0.6) is 0 Å². The Kier molecular flexibility index (Phi) is 3.94. The topological polar surface area (TPSA) is 52.9 Å². The van der Waals surface area contributed by atoms with E-state index in [1.165, 1.54) is 0 Å². The van der Waals surface area contributed by atoms with Gasteiger partial charge in [-0.2, -0.15) is 5.26 Å². The SMILES string of the molecule is CC(=O)c1cccc(Nc2ccc(CC#N)cc2)c1. The summed E-state index contributed by atoms with van der Waals surface area (Å²) in [5.41, 5.74) is 3.49. The van der Waals surface area contributed by atoms with Gasteiger partial charge in [0.15, 0.2) is 5.78 Å². The number of Topliss-reactive ketones (excluding diaryl/α,β-unsaturated/α-hetero) is 1. The van der Waals surface area contributed by atoms with Crippen LogP contribution in [0, 0.1) is 11.3 Å². The predicted octanol–water partition coefficient (Wildman–Crippen LogP) is 3.70. The molecule has 2 aromatic carbocycles. The molecule has 94 valence electrons. The largest absolute Gasteiger partial charge is 0.356 e. The van der Waals surface area contributed by atoms with Crippen molar-refractivity contribution in [2.45, 2.75) is 13.3 Å². The second kappa shape index (κ2) is 5.83. The van der Waals surface area contributed by atoms with E-state index in [1.807, 2.05) is 42.5 Å². The van der Waals surface area contributed by atoms with Crippen LogP contribution in [0.15, 0.2) is 48.5 Å². The summed E-state index contributed by atoms with van der Waals surface area (Å²) in [6.45, 7) is 1.55. The monoisotopic (exact) mass is 250 g/mol. The molecule has 1 N–H and O–H groups in total. The number of nitrogens with one attached hydrogen (secondary N) is 1. The summed E-state index contributed by atoms with van der Waals surface area (Å²) in [7, 11) is 0. The molecule has 0 fully saturated rings. The van der Waals surface area contributed by atoms with Gasteiger partial charge in [0.2, 0.25) is 0 Å². The minimum absolute atomic E-state index is 0.0491. The Balaban J connectivity index is 2.14. The maximum Gasteiger partial charge on any atom is 0.159 e. The van der Waals surface area contributed by atoms with E-state index in [4.69, 9.17) is 5.26 Å². The second-order valence-corrected chi connectivity index (χ2v) is 4.29. The van der Waals surface area contributed by atoms with E-state index in [9.17, 15) is 4.79 Å². The molecule has 0 aliphatic carbocycles. The molecule has 0 aliphatic rings. The van der Waals surface area contributed by atoms with Crippen molar-refractivity contribution in [2.24, 2.45) is 0 Å². The van der Waals surface area contributed by atoms with E-state index in [-0.39, 0.29) is 5.78 Å². The van der Waals surface area contributed by atoms with Gasteiger partial charge in [-0.1, -0.05) is 24.3 Å². The summed E-state index contributed by atoms with van der Waals surface area (Å²) in [6.07, 6.45) is 0.417. The van der Waals surface area contributed by atoms with Gasteiger partial charge in [-0.05, 0) is 36.8 Å². The molecule has 3 nitrogen and oxygen atoms in total. The summed E-state index contributed by atoms with van der Waals surface area (Å²) in [5.74, 6) is 0.0491. The number of hydrogen-bond donors (Lipinski definition) is 1. The van der Waals surface area contributed by atoms with Crippen LogP contribution in [0.4, 0.5) is 11.4 Å². The normalized spacial score (nSPS) is 9.68. The minimum atomic E-state index is 0.0491. The van der Waals surface area contributed by atoms with Crippen LogP contribution in [-0.4, -0.2) is 5.78 Å². The molecule has 0 unspecified atom stereocenters. The number of rotatable bonds is 4. The molecule has 2 aromatic rings. The number of nitriles is 1. The van der Waals surface area contributed by atoms with Gasteiger partial charge in [-0.15, -0.1) is 0 Å². The smallest absolute Gasteiger partial charge is 0.159 e. The van der Waals surface area contributed by atoms with E-state index in [0.29, 0.717) is 12.0 Å². The van der Waals surface area contributed by atoms with Gasteiger partial charge >= 0.3 is 0 Å². The lowest BCUT2D eigenvalue weighted by atomic mass is 10.1. The molecule has 0 saturated heterocycles. The number of anilines is 2. The first-order valence-corrected chi connectivity index (χ1v) is 6.03. The highest BCUT2D eigenvalue weighted by molar-refractivity contribution is 5.95. The number of ketones is 1. The van der Waals surface area contributed by atoms with Crippen molar-refractivity contribution in [2.75, 3.05) is 5.32 Å². The van der Waals surface area contributed by atoms with E-state index >= 15 is 0 Å². The van der Waals surface area contributed by atoms with E-state index in [1.54, 1.807) is 13.0 Å². The standard InChI is InChI=1S/C16H14N2O/c1-12(19)14-3-2-4-16(11-14)18-15-7-5-13(6-8-15)9-10-17/h2-8,11,18H,9H2,1H3. The van der Waals surface area contributed by atoms with Crippen LogP contribution in [0.2, 0.25) is 0 Å². The molecule has 0 radical (unpaired) electrons. The Morgan fingerprint density at radius 3 is 2.53 bits per heavy atom. The highest BCUT2D eigenvalue weighted by atomic mass is 16.1. The van der Waals surface area contributed by atoms with Gasteiger partial charge in [-0.25, -0.2) is 0 Å². The van der Waals surface area contributed by atoms with E-state index < -0.39 is 0 Å². The molecule has 0 spiro atoms. The van der Waals surface area contributed by atoms with Crippen molar-refractivity contribution in [3.05, 3.63) is 59.7 Å². The van der Waals surface area contributed by atoms with Crippen molar-refractivity contribution in [1.29, 1.82) is 5.26 Å². The Labute approximate surface area is 112 Å².